The number of hydrogen-bond donors (Lipinski definition) is 1. The van der Waals surface area contributed by atoms with Gasteiger partial charge in [-0.1, -0.05) is 36.8 Å². The topological polar surface area (TPSA) is 64.6 Å². The molecule has 138 valence electrons. The molecule has 0 heterocycles. The van der Waals surface area contributed by atoms with Gasteiger partial charge in [-0.3, -0.25) is 9.59 Å². The highest BCUT2D eigenvalue weighted by Gasteiger charge is 2.15. The Hall–Kier alpha value is -2.34. The van der Waals surface area contributed by atoms with Gasteiger partial charge in [-0.15, -0.1) is 0 Å². The molecule has 0 saturated heterocycles. The summed E-state index contributed by atoms with van der Waals surface area (Å²) in [6.07, 6.45) is 1.48. The molecule has 0 aliphatic carbocycles. The lowest BCUT2D eigenvalue weighted by Crippen LogP contribution is -2.32. The molecule has 26 heavy (non-hydrogen) atoms. The van der Waals surface area contributed by atoms with Crippen LogP contribution in [-0.4, -0.2) is 25.9 Å². The molecule has 1 amide bonds. The molecule has 0 aromatic heterocycles. The number of halogens is 1. The van der Waals surface area contributed by atoms with Crippen molar-refractivity contribution in [3.8, 4) is 11.5 Å². The lowest BCUT2D eigenvalue weighted by atomic mass is 10.0. The average Bonchev–Trinajstić information content (AvgIpc) is 2.65. The van der Waals surface area contributed by atoms with Crippen LogP contribution in [0.5, 0.6) is 11.5 Å². The number of rotatable bonds is 8. The van der Waals surface area contributed by atoms with E-state index in [-0.39, 0.29) is 18.6 Å². The Morgan fingerprint density at radius 3 is 2.50 bits per heavy atom. The largest absolute Gasteiger partial charge is 0.493 e. The zero-order valence-electron chi connectivity index (χ0n) is 15.0. The highest BCUT2D eigenvalue weighted by Crippen LogP contribution is 2.32. The first-order valence-electron chi connectivity index (χ1n) is 8.29. The number of carbonyl (C=O) groups is 2. The van der Waals surface area contributed by atoms with E-state index in [4.69, 9.17) is 9.47 Å². The summed E-state index contributed by atoms with van der Waals surface area (Å²) >= 11 is 3.29. The van der Waals surface area contributed by atoms with Crippen LogP contribution in [-0.2, 0) is 4.79 Å². The third-order valence-electron chi connectivity index (χ3n) is 3.99. The van der Waals surface area contributed by atoms with Crippen molar-refractivity contribution in [1.29, 1.82) is 0 Å². The Labute approximate surface area is 161 Å². The summed E-state index contributed by atoms with van der Waals surface area (Å²) in [4.78, 5) is 23.4. The Bertz CT molecular complexity index is 774. The Morgan fingerprint density at radius 2 is 1.92 bits per heavy atom. The van der Waals surface area contributed by atoms with Crippen LogP contribution in [0.3, 0.4) is 0 Å². The maximum absolute atomic E-state index is 12.3. The number of carbonyl (C=O) groups excluding carboxylic acids is 2. The van der Waals surface area contributed by atoms with Crippen LogP contribution in [0.1, 0.15) is 40.9 Å². The normalized spacial score (nSPS) is 11.5. The van der Waals surface area contributed by atoms with Crippen molar-refractivity contribution in [2.24, 2.45) is 0 Å². The number of ether oxygens (including phenoxy) is 2. The number of aryl methyl sites for hydroxylation is 1. The van der Waals surface area contributed by atoms with Gasteiger partial charge in [0.2, 0.25) is 0 Å². The van der Waals surface area contributed by atoms with E-state index in [0.717, 1.165) is 12.0 Å². The predicted octanol–water partition coefficient (Wildman–Crippen LogP) is 4.22. The second-order valence-electron chi connectivity index (χ2n) is 5.87. The van der Waals surface area contributed by atoms with Crippen LogP contribution in [0.2, 0.25) is 0 Å². The minimum Gasteiger partial charge on any atom is -0.493 e. The van der Waals surface area contributed by atoms with E-state index >= 15 is 0 Å². The fraction of sp³-hybridized carbons (Fsp3) is 0.300. The first-order valence-corrected chi connectivity index (χ1v) is 9.09. The maximum atomic E-state index is 12.3. The first-order chi connectivity index (χ1) is 12.5. The van der Waals surface area contributed by atoms with Gasteiger partial charge in [-0.25, -0.2) is 0 Å². The van der Waals surface area contributed by atoms with E-state index in [0.29, 0.717) is 27.8 Å². The third kappa shape index (κ3) is 5.08. The van der Waals surface area contributed by atoms with Gasteiger partial charge in [0, 0.05) is 10.0 Å². The molecule has 1 N–H and O–H groups in total. The molecule has 0 saturated carbocycles. The zero-order valence-corrected chi connectivity index (χ0v) is 16.6. The third-order valence-corrected chi connectivity index (χ3v) is 4.68. The molecule has 0 radical (unpaired) electrons. The number of aldehydes is 1. The Kier molecular flexibility index (Phi) is 7.21. The van der Waals surface area contributed by atoms with E-state index in [1.807, 2.05) is 38.1 Å². The van der Waals surface area contributed by atoms with E-state index in [2.05, 4.69) is 21.2 Å². The quantitative estimate of drug-likeness (QED) is 0.650. The monoisotopic (exact) mass is 419 g/mol. The molecule has 0 unspecified atom stereocenters. The van der Waals surface area contributed by atoms with Gasteiger partial charge in [0.25, 0.3) is 5.91 Å². The molecule has 0 aliphatic heterocycles. The smallest absolute Gasteiger partial charge is 0.258 e. The van der Waals surface area contributed by atoms with Crippen LogP contribution in [0, 0.1) is 6.92 Å². The minimum absolute atomic E-state index is 0.0796. The molecular weight excluding hydrogens is 398 g/mol. The van der Waals surface area contributed by atoms with Gasteiger partial charge in [-0.05, 0) is 47.0 Å². The molecular formula is C20H22BrNO4. The van der Waals surface area contributed by atoms with Gasteiger partial charge in [0.05, 0.1) is 13.2 Å². The standard InChI is InChI=1S/C20H22BrNO4/c1-4-17(14-7-5-13(2)6-8-14)22-20(24)12-26-19-9-15(11-23)16(21)10-18(19)25-3/h5-11,17H,4,12H2,1-3H3,(H,22,24)/t17-/m0/s1. The van der Waals surface area contributed by atoms with Gasteiger partial charge < -0.3 is 14.8 Å². The summed E-state index contributed by atoms with van der Waals surface area (Å²) in [6.45, 7) is 3.87. The van der Waals surface area contributed by atoms with E-state index in [1.54, 1.807) is 12.1 Å². The number of benzene rings is 2. The number of nitrogens with one attached hydrogen (secondary N) is 1. The number of methoxy groups -OCH3 is 1. The lowest BCUT2D eigenvalue weighted by Gasteiger charge is -2.18. The van der Waals surface area contributed by atoms with Crippen molar-refractivity contribution in [3.05, 3.63) is 57.6 Å². The molecule has 0 aliphatic rings. The van der Waals surface area contributed by atoms with Crippen LogP contribution in [0.15, 0.2) is 40.9 Å². The van der Waals surface area contributed by atoms with E-state index in [9.17, 15) is 9.59 Å². The van der Waals surface area contributed by atoms with Crippen molar-refractivity contribution >= 4 is 28.1 Å². The molecule has 1 atom stereocenters. The summed E-state index contributed by atoms with van der Waals surface area (Å²) in [5, 5.41) is 2.97. The van der Waals surface area contributed by atoms with Crippen molar-refractivity contribution in [1.82, 2.24) is 5.32 Å². The molecule has 0 fully saturated rings. The van der Waals surface area contributed by atoms with Crippen molar-refractivity contribution in [2.45, 2.75) is 26.3 Å². The van der Waals surface area contributed by atoms with Crippen molar-refractivity contribution in [3.63, 3.8) is 0 Å². The molecule has 2 rings (SSSR count). The van der Waals surface area contributed by atoms with Crippen LogP contribution in [0.4, 0.5) is 0 Å². The minimum atomic E-state index is -0.241. The van der Waals surface area contributed by atoms with Crippen LogP contribution < -0.4 is 14.8 Å². The number of hydrogen-bond acceptors (Lipinski definition) is 4. The molecule has 5 nitrogen and oxygen atoms in total. The molecule has 2 aromatic carbocycles. The summed E-state index contributed by atoms with van der Waals surface area (Å²) in [6, 6.07) is 11.2. The molecule has 0 bridgehead atoms. The summed E-state index contributed by atoms with van der Waals surface area (Å²) in [5.74, 6) is 0.548. The van der Waals surface area contributed by atoms with Gasteiger partial charge >= 0.3 is 0 Å². The summed E-state index contributed by atoms with van der Waals surface area (Å²) in [7, 11) is 1.50. The maximum Gasteiger partial charge on any atom is 0.258 e. The SMILES string of the molecule is CC[C@H](NC(=O)COc1cc(C=O)c(Br)cc1OC)c1ccc(C)cc1. The second-order valence-corrected chi connectivity index (χ2v) is 6.72. The average molecular weight is 420 g/mol. The van der Waals surface area contributed by atoms with Gasteiger partial charge in [0.1, 0.15) is 0 Å². The fourth-order valence-electron chi connectivity index (χ4n) is 2.51. The Morgan fingerprint density at radius 1 is 1.23 bits per heavy atom. The molecule has 6 heteroatoms. The summed E-state index contributed by atoms with van der Waals surface area (Å²) < 4.78 is 11.4. The Balaban J connectivity index is 2.03. The van der Waals surface area contributed by atoms with Gasteiger partial charge in [-0.2, -0.15) is 0 Å². The van der Waals surface area contributed by atoms with Crippen LogP contribution in [0.25, 0.3) is 0 Å². The highest BCUT2D eigenvalue weighted by molar-refractivity contribution is 9.10. The highest BCUT2D eigenvalue weighted by atomic mass is 79.9. The molecule has 2 aromatic rings. The lowest BCUT2D eigenvalue weighted by molar-refractivity contribution is -0.123. The molecule has 0 spiro atoms. The predicted molar refractivity (Wildman–Crippen MR) is 104 cm³/mol. The van der Waals surface area contributed by atoms with E-state index < -0.39 is 0 Å². The van der Waals surface area contributed by atoms with Crippen molar-refractivity contribution in [2.75, 3.05) is 13.7 Å². The zero-order chi connectivity index (χ0) is 19.1. The number of amides is 1. The summed E-state index contributed by atoms with van der Waals surface area (Å²) in [5.41, 5.74) is 2.65. The second kappa shape index (κ2) is 9.38. The van der Waals surface area contributed by atoms with E-state index in [1.165, 1.54) is 12.7 Å². The van der Waals surface area contributed by atoms with Crippen LogP contribution >= 0.6 is 15.9 Å². The van der Waals surface area contributed by atoms with Crippen molar-refractivity contribution < 1.29 is 19.1 Å². The first kappa shape index (κ1) is 20.0. The fourth-order valence-corrected chi connectivity index (χ4v) is 2.93. The van der Waals surface area contributed by atoms with Gasteiger partial charge in [0.15, 0.2) is 24.4 Å².